The average Bonchev–Trinajstić information content (AvgIpc) is 3.45. The summed E-state index contributed by atoms with van der Waals surface area (Å²) in [6.07, 6.45) is 2.96. The van der Waals surface area contributed by atoms with Gasteiger partial charge in [0.15, 0.2) is 0 Å². The topological polar surface area (TPSA) is 87.3 Å². The van der Waals surface area contributed by atoms with Gasteiger partial charge in [-0.3, -0.25) is 4.79 Å². The van der Waals surface area contributed by atoms with Crippen LogP contribution in [0.5, 0.6) is 0 Å². The number of ether oxygens (including phenoxy) is 1. The summed E-state index contributed by atoms with van der Waals surface area (Å²) in [5, 5.41) is 5.04. The average molecular weight is 457 g/mol. The summed E-state index contributed by atoms with van der Waals surface area (Å²) in [6.45, 7) is 4.46. The zero-order chi connectivity index (χ0) is 22.0. The molecular formula is C24H29ClN4O3. The van der Waals surface area contributed by atoms with Crippen molar-refractivity contribution >= 4 is 35.2 Å². The van der Waals surface area contributed by atoms with Gasteiger partial charge in [0.05, 0.1) is 25.0 Å². The van der Waals surface area contributed by atoms with Crippen molar-refractivity contribution in [1.82, 2.24) is 20.2 Å². The van der Waals surface area contributed by atoms with Gasteiger partial charge in [0.1, 0.15) is 11.9 Å². The second-order valence-corrected chi connectivity index (χ2v) is 8.29. The highest BCUT2D eigenvalue weighted by Gasteiger charge is 2.37. The lowest BCUT2D eigenvalue weighted by Gasteiger charge is -2.30. The molecule has 2 amide bonds. The van der Waals surface area contributed by atoms with Crippen molar-refractivity contribution < 1.29 is 14.3 Å². The molecule has 1 saturated heterocycles. The zero-order valence-corrected chi connectivity index (χ0v) is 19.3. The van der Waals surface area contributed by atoms with Gasteiger partial charge in [-0.1, -0.05) is 50.2 Å². The van der Waals surface area contributed by atoms with Crippen LogP contribution in [0.4, 0.5) is 4.79 Å². The molecule has 0 radical (unpaired) electrons. The molecule has 0 saturated carbocycles. The first-order chi connectivity index (χ1) is 15.0. The number of carbonyl (C=O) groups excluding carboxylic acids is 2. The zero-order valence-electron chi connectivity index (χ0n) is 18.5. The Morgan fingerprint density at radius 2 is 1.94 bits per heavy atom. The number of rotatable bonds is 5. The summed E-state index contributed by atoms with van der Waals surface area (Å²) >= 11 is 0. The third kappa shape index (κ3) is 4.72. The van der Waals surface area contributed by atoms with E-state index < -0.39 is 12.1 Å². The minimum absolute atomic E-state index is 0. The smallest absolute Gasteiger partial charge is 0.407 e. The lowest BCUT2D eigenvalue weighted by atomic mass is 10.0. The number of alkyl carbamates (subject to hydrolysis) is 1. The Kier molecular flexibility index (Phi) is 7.40. The van der Waals surface area contributed by atoms with Crippen molar-refractivity contribution in [2.75, 3.05) is 13.7 Å². The van der Waals surface area contributed by atoms with E-state index in [9.17, 15) is 9.59 Å². The van der Waals surface area contributed by atoms with Crippen molar-refractivity contribution in [2.45, 2.75) is 38.8 Å². The van der Waals surface area contributed by atoms with E-state index in [0.29, 0.717) is 6.54 Å². The molecular weight excluding hydrogens is 428 g/mol. The van der Waals surface area contributed by atoms with Crippen LogP contribution in [-0.4, -0.2) is 46.6 Å². The number of likely N-dealkylation sites (tertiary alicyclic amines) is 1. The van der Waals surface area contributed by atoms with Crippen molar-refractivity contribution in [3.63, 3.8) is 0 Å². The number of benzene rings is 2. The van der Waals surface area contributed by atoms with Gasteiger partial charge in [-0.25, -0.2) is 9.78 Å². The van der Waals surface area contributed by atoms with Crippen LogP contribution in [0.1, 0.15) is 38.6 Å². The maximum absolute atomic E-state index is 13.3. The quantitative estimate of drug-likeness (QED) is 0.582. The Morgan fingerprint density at radius 1 is 1.19 bits per heavy atom. The molecule has 1 fully saturated rings. The van der Waals surface area contributed by atoms with Gasteiger partial charge in [0, 0.05) is 12.1 Å². The molecule has 0 unspecified atom stereocenters. The Labute approximate surface area is 194 Å². The second kappa shape index (κ2) is 10.0. The molecule has 170 valence electrons. The Balaban J connectivity index is 0.00000289. The molecule has 0 aliphatic carbocycles. The first kappa shape index (κ1) is 23.6. The number of halogens is 1. The number of nitrogens with one attached hydrogen (secondary N) is 2. The number of hydrogen-bond acceptors (Lipinski definition) is 4. The van der Waals surface area contributed by atoms with Gasteiger partial charge in [0.25, 0.3) is 0 Å². The summed E-state index contributed by atoms with van der Waals surface area (Å²) < 4.78 is 4.70. The number of aromatic nitrogens is 2. The Bertz CT molecular complexity index is 1100. The third-order valence-electron chi connectivity index (χ3n) is 5.90. The minimum atomic E-state index is -0.636. The molecule has 2 heterocycles. The first-order valence-electron chi connectivity index (χ1n) is 10.7. The van der Waals surface area contributed by atoms with E-state index in [1.807, 2.05) is 37.1 Å². The van der Waals surface area contributed by atoms with E-state index in [-0.39, 0.29) is 30.3 Å². The van der Waals surface area contributed by atoms with Gasteiger partial charge in [0.2, 0.25) is 5.91 Å². The van der Waals surface area contributed by atoms with Crippen LogP contribution < -0.4 is 5.32 Å². The number of aromatic amines is 1. The van der Waals surface area contributed by atoms with Crippen LogP contribution in [0.25, 0.3) is 22.0 Å². The van der Waals surface area contributed by atoms with Crippen LogP contribution in [0.15, 0.2) is 48.7 Å². The van der Waals surface area contributed by atoms with E-state index in [2.05, 4.69) is 45.6 Å². The van der Waals surface area contributed by atoms with E-state index in [1.54, 1.807) is 0 Å². The number of H-pyrrole nitrogens is 1. The summed E-state index contributed by atoms with van der Waals surface area (Å²) in [7, 11) is 1.30. The molecule has 1 aromatic heterocycles. The monoisotopic (exact) mass is 456 g/mol. The molecule has 7 nitrogen and oxygen atoms in total. The van der Waals surface area contributed by atoms with Crippen LogP contribution in [0.3, 0.4) is 0 Å². The molecule has 1 aliphatic heterocycles. The van der Waals surface area contributed by atoms with Crippen LogP contribution in [-0.2, 0) is 9.53 Å². The van der Waals surface area contributed by atoms with E-state index >= 15 is 0 Å². The summed E-state index contributed by atoms with van der Waals surface area (Å²) in [5.41, 5.74) is 1.98. The Hall–Kier alpha value is -3.06. The molecule has 32 heavy (non-hydrogen) atoms. The van der Waals surface area contributed by atoms with Crippen molar-refractivity contribution in [3.05, 3.63) is 54.5 Å². The lowest BCUT2D eigenvalue weighted by Crippen LogP contribution is -2.51. The lowest BCUT2D eigenvalue weighted by molar-refractivity contribution is -0.135. The molecule has 4 rings (SSSR count). The SMILES string of the molecule is COC(=O)N[C@H](C(=O)N1CCC[C@H]1c1ncc(-c2ccc3ccccc3c2)[nH]1)C(C)C.Cl. The van der Waals surface area contributed by atoms with E-state index in [0.717, 1.165) is 29.9 Å². The highest BCUT2D eigenvalue weighted by Crippen LogP contribution is 2.33. The molecule has 2 N–H and O–H groups in total. The maximum atomic E-state index is 13.3. The minimum Gasteiger partial charge on any atom is -0.453 e. The second-order valence-electron chi connectivity index (χ2n) is 8.29. The van der Waals surface area contributed by atoms with E-state index in [1.165, 1.54) is 17.9 Å². The largest absolute Gasteiger partial charge is 0.453 e. The van der Waals surface area contributed by atoms with Gasteiger partial charge >= 0.3 is 6.09 Å². The molecule has 0 spiro atoms. The summed E-state index contributed by atoms with van der Waals surface area (Å²) in [4.78, 5) is 34.8. The fourth-order valence-electron chi connectivity index (χ4n) is 4.20. The predicted octanol–water partition coefficient (Wildman–Crippen LogP) is 4.70. The van der Waals surface area contributed by atoms with Crippen molar-refractivity contribution in [3.8, 4) is 11.3 Å². The standard InChI is InChI=1S/C24H28N4O3.ClH/c1-15(2)21(27-24(30)31-3)23(29)28-12-6-9-20(28)22-25-14-19(26-22)18-11-10-16-7-4-5-8-17(16)13-18;/h4-5,7-8,10-11,13-15,20-21H,6,9,12H2,1-3H3,(H,25,26)(H,27,30);1H/t20-,21-;/m0./s1. The van der Waals surface area contributed by atoms with Crippen molar-refractivity contribution in [1.29, 1.82) is 0 Å². The fourth-order valence-corrected chi connectivity index (χ4v) is 4.20. The number of hydrogen-bond donors (Lipinski definition) is 2. The van der Waals surface area contributed by atoms with Crippen LogP contribution in [0.2, 0.25) is 0 Å². The number of imidazole rings is 1. The predicted molar refractivity (Wildman–Crippen MR) is 127 cm³/mol. The molecule has 0 bridgehead atoms. The molecule has 3 aromatic rings. The van der Waals surface area contributed by atoms with Gasteiger partial charge in [-0.2, -0.15) is 0 Å². The van der Waals surface area contributed by atoms with Gasteiger partial charge in [-0.05, 0) is 35.6 Å². The number of amides is 2. The molecule has 2 atom stereocenters. The maximum Gasteiger partial charge on any atom is 0.407 e. The van der Waals surface area contributed by atoms with Gasteiger partial charge in [-0.15, -0.1) is 12.4 Å². The normalized spacial score (nSPS) is 16.6. The molecule has 2 aromatic carbocycles. The summed E-state index contributed by atoms with van der Waals surface area (Å²) in [6, 6.07) is 13.8. The first-order valence-corrected chi connectivity index (χ1v) is 10.7. The van der Waals surface area contributed by atoms with Crippen LogP contribution >= 0.6 is 12.4 Å². The molecule has 8 heteroatoms. The van der Waals surface area contributed by atoms with E-state index in [4.69, 9.17) is 4.74 Å². The highest BCUT2D eigenvalue weighted by atomic mass is 35.5. The summed E-state index contributed by atoms with van der Waals surface area (Å²) in [5.74, 6) is 0.610. The number of methoxy groups -OCH3 is 1. The Morgan fingerprint density at radius 3 is 2.66 bits per heavy atom. The third-order valence-corrected chi connectivity index (χ3v) is 5.90. The van der Waals surface area contributed by atoms with Gasteiger partial charge < -0.3 is 19.9 Å². The number of carbonyl (C=O) groups is 2. The molecule has 1 aliphatic rings. The number of fused-ring (bicyclic) bond motifs is 1. The fraction of sp³-hybridized carbons (Fsp3) is 0.375. The highest BCUT2D eigenvalue weighted by molar-refractivity contribution is 5.87. The van der Waals surface area contributed by atoms with Crippen LogP contribution in [0, 0.1) is 5.92 Å². The number of nitrogens with zero attached hydrogens (tertiary/aromatic N) is 2. The van der Waals surface area contributed by atoms with Crippen molar-refractivity contribution in [2.24, 2.45) is 5.92 Å².